The predicted octanol–water partition coefficient (Wildman–Crippen LogP) is 2.19. The van der Waals surface area contributed by atoms with Gasteiger partial charge in [-0.15, -0.1) is 0 Å². The average Bonchev–Trinajstić information content (AvgIpc) is 3.01. The maximum atomic E-state index is 3.53. The third kappa shape index (κ3) is 4.28. The van der Waals surface area contributed by atoms with Crippen LogP contribution in [0.15, 0.2) is 0 Å². The molecule has 1 rings (SSSR count). The van der Waals surface area contributed by atoms with Gasteiger partial charge in [0.15, 0.2) is 0 Å². The van der Waals surface area contributed by atoms with Crippen LogP contribution in [0.5, 0.6) is 0 Å². The number of hydrogen-bond acceptors (Lipinski definition) is 2. The molecule has 0 aromatic rings. The fourth-order valence-corrected chi connectivity index (χ4v) is 2.29. The minimum absolute atomic E-state index is 0.906. The van der Waals surface area contributed by atoms with E-state index in [2.05, 4.69) is 39.6 Å². The first-order chi connectivity index (χ1) is 6.81. The second-order valence-corrected chi connectivity index (χ2v) is 4.78. The van der Waals surface area contributed by atoms with E-state index in [-0.39, 0.29) is 0 Å². The SMILES string of the molecule is CCN(CC)CCN(CCBr)C1CC1. The molecule has 0 atom stereocenters. The largest absolute Gasteiger partial charge is 0.303 e. The lowest BCUT2D eigenvalue weighted by Crippen LogP contribution is -2.37. The summed E-state index contributed by atoms with van der Waals surface area (Å²) in [6.45, 7) is 10.6. The van der Waals surface area contributed by atoms with Crippen LogP contribution in [-0.2, 0) is 0 Å². The van der Waals surface area contributed by atoms with Gasteiger partial charge in [-0.25, -0.2) is 0 Å². The number of halogens is 1. The van der Waals surface area contributed by atoms with Gasteiger partial charge in [0.1, 0.15) is 0 Å². The van der Waals surface area contributed by atoms with E-state index in [9.17, 15) is 0 Å². The summed E-state index contributed by atoms with van der Waals surface area (Å²) in [5.41, 5.74) is 0. The van der Waals surface area contributed by atoms with Crippen molar-refractivity contribution in [3.05, 3.63) is 0 Å². The number of alkyl halides is 1. The molecule has 0 spiro atoms. The Labute approximate surface area is 96.8 Å². The van der Waals surface area contributed by atoms with E-state index in [1.807, 2.05) is 0 Å². The van der Waals surface area contributed by atoms with Crippen molar-refractivity contribution in [3.63, 3.8) is 0 Å². The van der Waals surface area contributed by atoms with Crippen molar-refractivity contribution in [3.8, 4) is 0 Å². The van der Waals surface area contributed by atoms with Crippen molar-refractivity contribution in [2.75, 3.05) is 38.1 Å². The summed E-state index contributed by atoms with van der Waals surface area (Å²) >= 11 is 3.53. The van der Waals surface area contributed by atoms with E-state index in [0.717, 1.165) is 11.4 Å². The van der Waals surface area contributed by atoms with Gasteiger partial charge in [-0.05, 0) is 25.9 Å². The van der Waals surface area contributed by atoms with Gasteiger partial charge < -0.3 is 4.90 Å². The van der Waals surface area contributed by atoms with E-state index in [4.69, 9.17) is 0 Å². The molecule has 0 aromatic heterocycles. The van der Waals surface area contributed by atoms with E-state index >= 15 is 0 Å². The number of likely N-dealkylation sites (N-methyl/N-ethyl adjacent to an activating group) is 1. The van der Waals surface area contributed by atoms with Gasteiger partial charge in [0.2, 0.25) is 0 Å². The summed E-state index contributed by atoms with van der Waals surface area (Å²) in [6, 6.07) is 0.906. The third-order valence-corrected chi connectivity index (χ3v) is 3.39. The molecule has 1 aliphatic carbocycles. The first-order valence-electron chi connectivity index (χ1n) is 5.84. The lowest BCUT2D eigenvalue weighted by molar-refractivity contribution is 0.216. The zero-order valence-electron chi connectivity index (χ0n) is 9.51. The van der Waals surface area contributed by atoms with Crippen molar-refractivity contribution in [1.29, 1.82) is 0 Å². The molecule has 0 aromatic carbocycles. The van der Waals surface area contributed by atoms with Gasteiger partial charge in [-0.3, -0.25) is 4.90 Å². The quantitative estimate of drug-likeness (QED) is 0.619. The third-order valence-electron chi connectivity index (χ3n) is 3.03. The van der Waals surface area contributed by atoms with Gasteiger partial charge in [-0.2, -0.15) is 0 Å². The lowest BCUT2D eigenvalue weighted by atomic mass is 10.4. The molecule has 1 aliphatic rings. The highest BCUT2D eigenvalue weighted by Gasteiger charge is 2.28. The molecule has 0 unspecified atom stereocenters. The topological polar surface area (TPSA) is 6.48 Å². The second kappa shape index (κ2) is 6.81. The van der Waals surface area contributed by atoms with Crippen LogP contribution in [0.4, 0.5) is 0 Å². The fourth-order valence-electron chi connectivity index (χ4n) is 1.83. The predicted molar refractivity (Wildman–Crippen MR) is 66.2 cm³/mol. The molecule has 0 aliphatic heterocycles. The molecule has 0 amide bonds. The van der Waals surface area contributed by atoms with Crippen LogP contribution in [0.2, 0.25) is 0 Å². The van der Waals surface area contributed by atoms with Crippen LogP contribution in [0.3, 0.4) is 0 Å². The van der Waals surface area contributed by atoms with Crippen LogP contribution in [-0.4, -0.2) is 53.9 Å². The van der Waals surface area contributed by atoms with Crippen LogP contribution in [0, 0.1) is 0 Å². The van der Waals surface area contributed by atoms with Crippen molar-refractivity contribution < 1.29 is 0 Å². The molecular weight excluding hydrogens is 240 g/mol. The van der Waals surface area contributed by atoms with Crippen molar-refractivity contribution >= 4 is 15.9 Å². The summed E-state index contributed by atoms with van der Waals surface area (Å²) in [7, 11) is 0. The Bertz CT molecular complexity index is 144. The Balaban J connectivity index is 2.17. The Kier molecular flexibility index (Phi) is 6.06. The van der Waals surface area contributed by atoms with Crippen molar-refractivity contribution in [1.82, 2.24) is 9.80 Å². The van der Waals surface area contributed by atoms with Crippen LogP contribution in [0.1, 0.15) is 26.7 Å². The van der Waals surface area contributed by atoms with Gasteiger partial charge in [0.25, 0.3) is 0 Å². The molecule has 14 heavy (non-hydrogen) atoms. The molecule has 1 fully saturated rings. The number of nitrogens with zero attached hydrogens (tertiary/aromatic N) is 2. The monoisotopic (exact) mass is 262 g/mol. The molecule has 1 saturated carbocycles. The fraction of sp³-hybridized carbons (Fsp3) is 1.00. The molecule has 0 N–H and O–H groups in total. The minimum atomic E-state index is 0.906. The molecule has 2 nitrogen and oxygen atoms in total. The second-order valence-electron chi connectivity index (χ2n) is 3.98. The molecular formula is C11H23BrN2. The van der Waals surface area contributed by atoms with Gasteiger partial charge in [0.05, 0.1) is 0 Å². The Hall–Kier alpha value is 0.400. The van der Waals surface area contributed by atoms with Gasteiger partial charge >= 0.3 is 0 Å². The normalized spacial score (nSPS) is 16.9. The van der Waals surface area contributed by atoms with Crippen molar-refractivity contribution in [2.24, 2.45) is 0 Å². The molecule has 3 heteroatoms. The molecule has 84 valence electrons. The summed E-state index contributed by atoms with van der Waals surface area (Å²) in [5, 5.41) is 1.11. The Morgan fingerprint density at radius 2 is 1.71 bits per heavy atom. The number of rotatable bonds is 8. The standard InChI is InChI=1S/C11H23BrN2/c1-3-13(4-2)9-10-14(8-7-12)11-5-6-11/h11H,3-10H2,1-2H3. The van der Waals surface area contributed by atoms with E-state index in [0.29, 0.717) is 0 Å². The van der Waals surface area contributed by atoms with Gasteiger partial charge in [-0.1, -0.05) is 29.8 Å². The Morgan fingerprint density at radius 3 is 2.14 bits per heavy atom. The molecule has 0 heterocycles. The average molecular weight is 263 g/mol. The zero-order chi connectivity index (χ0) is 10.4. The lowest BCUT2D eigenvalue weighted by Gasteiger charge is -2.25. The van der Waals surface area contributed by atoms with E-state index in [1.54, 1.807) is 0 Å². The smallest absolute Gasteiger partial charge is 0.0159 e. The molecule has 0 radical (unpaired) electrons. The highest BCUT2D eigenvalue weighted by Crippen LogP contribution is 2.26. The highest BCUT2D eigenvalue weighted by atomic mass is 79.9. The van der Waals surface area contributed by atoms with Gasteiger partial charge in [0, 0.05) is 31.0 Å². The summed E-state index contributed by atoms with van der Waals surface area (Å²) in [6.07, 6.45) is 2.84. The minimum Gasteiger partial charge on any atom is -0.303 e. The van der Waals surface area contributed by atoms with Crippen molar-refractivity contribution in [2.45, 2.75) is 32.7 Å². The van der Waals surface area contributed by atoms with Crippen LogP contribution in [0.25, 0.3) is 0 Å². The first-order valence-corrected chi connectivity index (χ1v) is 6.96. The zero-order valence-corrected chi connectivity index (χ0v) is 11.1. The molecule has 0 saturated heterocycles. The molecule has 0 bridgehead atoms. The van der Waals surface area contributed by atoms with Crippen LogP contribution >= 0.6 is 15.9 Å². The van der Waals surface area contributed by atoms with E-state index in [1.165, 1.54) is 45.6 Å². The summed E-state index contributed by atoms with van der Waals surface area (Å²) in [4.78, 5) is 5.14. The van der Waals surface area contributed by atoms with E-state index < -0.39 is 0 Å². The van der Waals surface area contributed by atoms with Crippen LogP contribution < -0.4 is 0 Å². The first kappa shape index (κ1) is 12.5. The summed E-state index contributed by atoms with van der Waals surface area (Å²) in [5.74, 6) is 0. The Morgan fingerprint density at radius 1 is 1.07 bits per heavy atom. The maximum absolute atomic E-state index is 3.53. The number of hydrogen-bond donors (Lipinski definition) is 0. The highest BCUT2D eigenvalue weighted by molar-refractivity contribution is 9.09. The maximum Gasteiger partial charge on any atom is 0.0159 e. The summed E-state index contributed by atoms with van der Waals surface area (Å²) < 4.78 is 0.